The smallest absolute Gasteiger partial charge is 0.226 e. The van der Waals surface area contributed by atoms with Gasteiger partial charge in [-0.1, -0.05) is 48.0 Å². The molecule has 2 amide bonds. The molecular weight excluding hydrogens is 404 g/mol. The highest BCUT2D eigenvalue weighted by molar-refractivity contribution is 5.88. The summed E-state index contributed by atoms with van der Waals surface area (Å²) in [6, 6.07) is 0.185. The molecule has 2 heterocycles. The molecule has 4 aliphatic carbocycles. The lowest BCUT2D eigenvalue weighted by Crippen LogP contribution is -2.46. The highest BCUT2D eigenvalue weighted by Gasteiger charge is 2.79. The number of hydrogen-bond donors (Lipinski definition) is 3. The maximum atomic E-state index is 12.6. The number of carbonyl (C=O) groups excluding carboxylic acids is 2. The van der Waals surface area contributed by atoms with E-state index in [4.69, 9.17) is 5.11 Å². The molecule has 2 unspecified atom stereocenters. The van der Waals surface area contributed by atoms with E-state index in [9.17, 15) is 14.7 Å². The Hall–Kier alpha value is -1.14. The summed E-state index contributed by atoms with van der Waals surface area (Å²) in [5.74, 6) is 2.53. The van der Waals surface area contributed by atoms with Crippen LogP contribution in [0.2, 0.25) is 0 Å². The SMILES string of the molecule is CCC.C[C@H](C(=O)N1CC2[C@@H]([C@H]1CO)C21CC1)C(C)(C)C.O=C1N[C@H](CO)[C@@H]2C1C21CC1. The number of aliphatic hydroxyl groups is 2. The molecule has 6 nitrogen and oxygen atoms in total. The van der Waals surface area contributed by atoms with Crippen molar-refractivity contribution in [1.82, 2.24) is 10.2 Å². The molecule has 182 valence electrons. The molecule has 0 aromatic rings. The van der Waals surface area contributed by atoms with E-state index in [1.807, 2.05) is 11.8 Å². The molecule has 2 saturated heterocycles. The Labute approximate surface area is 193 Å². The average Bonchev–Trinajstić information content (AvgIpc) is 3.70. The van der Waals surface area contributed by atoms with Crippen LogP contribution >= 0.6 is 0 Å². The van der Waals surface area contributed by atoms with Gasteiger partial charge in [0.25, 0.3) is 0 Å². The van der Waals surface area contributed by atoms with Crippen LogP contribution in [0.1, 0.15) is 73.6 Å². The minimum atomic E-state index is 0.00113. The first-order valence-corrected chi connectivity index (χ1v) is 12.9. The predicted molar refractivity (Wildman–Crippen MR) is 123 cm³/mol. The van der Waals surface area contributed by atoms with E-state index < -0.39 is 0 Å². The minimum Gasteiger partial charge on any atom is -0.394 e. The van der Waals surface area contributed by atoms with Gasteiger partial charge in [-0.25, -0.2) is 0 Å². The maximum Gasteiger partial charge on any atom is 0.226 e. The predicted octanol–water partition coefficient (Wildman–Crippen LogP) is 2.82. The van der Waals surface area contributed by atoms with Crippen molar-refractivity contribution in [3.05, 3.63) is 0 Å². The number of aliphatic hydroxyl groups excluding tert-OH is 2. The summed E-state index contributed by atoms with van der Waals surface area (Å²) in [5, 5.41) is 21.4. The Morgan fingerprint density at radius 1 is 1.09 bits per heavy atom. The molecule has 0 radical (unpaired) electrons. The Bertz CT molecular complexity index is 751. The number of rotatable bonds is 3. The van der Waals surface area contributed by atoms with Crippen LogP contribution in [0.3, 0.4) is 0 Å². The third-order valence-electron chi connectivity index (χ3n) is 9.50. The van der Waals surface area contributed by atoms with Crippen LogP contribution in [-0.4, -0.2) is 58.8 Å². The number of likely N-dealkylation sites (tertiary alicyclic amines) is 1. The van der Waals surface area contributed by atoms with Gasteiger partial charge in [-0.2, -0.15) is 0 Å². The molecule has 7 atom stereocenters. The Morgan fingerprint density at radius 2 is 1.66 bits per heavy atom. The van der Waals surface area contributed by atoms with Gasteiger partial charge in [-0.05, 0) is 59.7 Å². The monoisotopic (exact) mass is 448 g/mol. The summed E-state index contributed by atoms with van der Waals surface area (Å²) in [4.78, 5) is 25.8. The van der Waals surface area contributed by atoms with Crippen molar-refractivity contribution in [3.8, 4) is 0 Å². The summed E-state index contributed by atoms with van der Waals surface area (Å²) in [6.07, 6.45) is 6.34. The minimum absolute atomic E-state index is 0.00113. The van der Waals surface area contributed by atoms with Crippen molar-refractivity contribution >= 4 is 11.8 Å². The zero-order chi connectivity index (χ0) is 23.6. The van der Waals surface area contributed by atoms with Crippen LogP contribution in [0.25, 0.3) is 0 Å². The molecule has 0 aromatic heterocycles. The number of hydrogen-bond acceptors (Lipinski definition) is 4. The van der Waals surface area contributed by atoms with Gasteiger partial charge in [-0.15, -0.1) is 0 Å². The van der Waals surface area contributed by atoms with Gasteiger partial charge in [0.15, 0.2) is 0 Å². The zero-order valence-electron chi connectivity index (χ0n) is 20.9. The van der Waals surface area contributed by atoms with Crippen LogP contribution in [-0.2, 0) is 9.59 Å². The topological polar surface area (TPSA) is 89.9 Å². The van der Waals surface area contributed by atoms with Crippen molar-refractivity contribution in [1.29, 1.82) is 0 Å². The van der Waals surface area contributed by atoms with Gasteiger partial charge in [0, 0.05) is 18.4 Å². The van der Waals surface area contributed by atoms with Crippen LogP contribution in [0.5, 0.6) is 0 Å². The molecule has 6 heteroatoms. The third-order valence-corrected chi connectivity index (χ3v) is 9.50. The Kier molecular flexibility index (Phi) is 5.98. The zero-order valence-corrected chi connectivity index (χ0v) is 20.9. The highest BCUT2D eigenvalue weighted by atomic mass is 16.3. The van der Waals surface area contributed by atoms with Crippen molar-refractivity contribution in [3.63, 3.8) is 0 Å². The molecule has 4 saturated carbocycles. The fourth-order valence-corrected chi connectivity index (χ4v) is 6.92. The summed E-state index contributed by atoms with van der Waals surface area (Å²) in [6.45, 7) is 13.8. The van der Waals surface area contributed by atoms with Crippen molar-refractivity contribution in [2.75, 3.05) is 19.8 Å². The Morgan fingerprint density at radius 3 is 2.06 bits per heavy atom. The van der Waals surface area contributed by atoms with Gasteiger partial charge in [0.05, 0.1) is 25.3 Å². The van der Waals surface area contributed by atoms with Crippen LogP contribution in [0, 0.1) is 45.8 Å². The summed E-state index contributed by atoms with van der Waals surface area (Å²) in [5.41, 5.74) is 0.950. The van der Waals surface area contributed by atoms with E-state index in [1.165, 1.54) is 32.1 Å². The second-order valence-corrected chi connectivity index (χ2v) is 12.4. The van der Waals surface area contributed by atoms with E-state index in [2.05, 4.69) is 39.9 Å². The summed E-state index contributed by atoms with van der Waals surface area (Å²) in [7, 11) is 0. The van der Waals surface area contributed by atoms with Crippen molar-refractivity contribution in [2.24, 2.45) is 45.8 Å². The second kappa shape index (κ2) is 7.97. The normalized spacial score (nSPS) is 38.5. The van der Waals surface area contributed by atoms with Gasteiger partial charge in [0.2, 0.25) is 11.8 Å². The molecule has 0 aromatic carbocycles. The molecule has 6 fully saturated rings. The lowest BCUT2D eigenvalue weighted by molar-refractivity contribution is -0.141. The molecule has 32 heavy (non-hydrogen) atoms. The number of fused-ring (bicyclic) bond motifs is 6. The quantitative estimate of drug-likeness (QED) is 0.619. The van der Waals surface area contributed by atoms with Crippen LogP contribution in [0.4, 0.5) is 0 Å². The highest BCUT2D eigenvalue weighted by Crippen LogP contribution is 2.79. The molecule has 6 aliphatic rings. The molecule has 0 bridgehead atoms. The lowest BCUT2D eigenvalue weighted by Gasteiger charge is -2.35. The van der Waals surface area contributed by atoms with E-state index in [1.54, 1.807) is 0 Å². The van der Waals surface area contributed by atoms with Gasteiger partial charge in [0.1, 0.15) is 0 Å². The van der Waals surface area contributed by atoms with Crippen LogP contribution < -0.4 is 5.32 Å². The third kappa shape index (κ3) is 3.60. The summed E-state index contributed by atoms with van der Waals surface area (Å²) < 4.78 is 0. The number of nitrogens with zero attached hydrogens (tertiary/aromatic N) is 1. The van der Waals surface area contributed by atoms with E-state index in [0.29, 0.717) is 28.6 Å². The summed E-state index contributed by atoms with van der Waals surface area (Å²) >= 11 is 0. The first-order chi connectivity index (χ1) is 15.0. The van der Waals surface area contributed by atoms with Crippen LogP contribution in [0.15, 0.2) is 0 Å². The molecule has 3 N–H and O–H groups in total. The lowest BCUT2D eigenvalue weighted by atomic mass is 9.81. The fraction of sp³-hybridized carbons (Fsp3) is 0.923. The number of amides is 2. The van der Waals surface area contributed by atoms with Gasteiger partial charge < -0.3 is 20.4 Å². The molecule has 6 rings (SSSR count). The van der Waals surface area contributed by atoms with E-state index in [0.717, 1.165) is 6.54 Å². The second-order valence-electron chi connectivity index (χ2n) is 12.4. The number of piperidine rings is 2. The number of carbonyl (C=O) groups is 2. The largest absolute Gasteiger partial charge is 0.394 e. The first-order valence-electron chi connectivity index (χ1n) is 12.9. The molecular formula is C26H44N2O4. The standard InChI is InChI=1S/C15H25NO2.C8H11NO2.C3H8/c1-9(14(2,3)4)13(18)16-7-10-12(11(16)8-17)15(10)5-6-15;10-3-4-5-6(7(11)9-4)8(5)1-2-8;1-3-2/h9-12,17H,5-8H2,1-4H3;4-6,10H,1-3H2,(H,9,11);3H2,1-2H3/t9-,10?,11-,12+;4-,5-,6?;/m11./s1. The van der Waals surface area contributed by atoms with Gasteiger partial charge in [-0.3, -0.25) is 9.59 Å². The first kappa shape index (κ1) is 24.0. The van der Waals surface area contributed by atoms with Gasteiger partial charge >= 0.3 is 0 Å². The fourth-order valence-electron chi connectivity index (χ4n) is 6.92. The molecule has 2 spiro atoms. The Balaban J connectivity index is 0.000000148. The van der Waals surface area contributed by atoms with E-state index in [-0.39, 0.29) is 54.4 Å². The van der Waals surface area contributed by atoms with Crippen molar-refractivity contribution in [2.45, 2.75) is 85.7 Å². The average molecular weight is 449 g/mol. The molecule has 2 aliphatic heterocycles. The maximum absolute atomic E-state index is 12.6. The number of nitrogens with one attached hydrogen (secondary N) is 1. The van der Waals surface area contributed by atoms with Crippen molar-refractivity contribution < 1.29 is 19.8 Å². The van der Waals surface area contributed by atoms with E-state index >= 15 is 0 Å².